The summed E-state index contributed by atoms with van der Waals surface area (Å²) in [6.45, 7) is 89.8. The first kappa shape index (κ1) is 115. The number of aromatic amines is 1. The molecule has 15 heterocycles. The van der Waals surface area contributed by atoms with Crippen molar-refractivity contribution >= 4 is 10.9 Å². The van der Waals surface area contributed by atoms with Gasteiger partial charge in [-0.3, -0.25) is 29.4 Å². The molecule has 1 aromatic heterocycles. The van der Waals surface area contributed by atoms with E-state index in [9.17, 15) is 0 Å². The molecule has 2 aromatic rings. The maximum absolute atomic E-state index is 5.52. The summed E-state index contributed by atoms with van der Waals surface area (Å²) >= 11 is 0. The van der Waals surface area contributed by atoms with E-state index in [1.54, 1.807) is 0 Å². The fourth-order valence-corrected chi connectivity index (χ4v) is 30.7. The van der Waals surface area contributed by atoms with Crippen LogP contribution in [-0.2, 0) is 9.47 Å². The van der Waals surface area contributed by atoms with E-state index in [0.29, 0.717) is 45.6 Å². The van der Waals surface area contributed by atoms with Gasteiger partial charge in [0.2, 0.25) is 0 Å². The Balaban J connectivity index is 0.000000122. The summed E-state index contributed by atoms with van der Waals surface area (Å²) in [6.07, 6.45) is 63.7. The number of likely N-dealkylation sites (tertiary alicyclic amines) is 12. The van der Waals surface area contributed by atoms with E-state index in [4.69, 9.17) is 9.47 Å². The highest BCUT2D eigenvalue weighted by atomic mass is 16.5. The minimum Gasteiger partial charge on any atom is -0.380 e. The van der Waals surface area contributed by atoms with Crippen LogP contribution < -0.4 is 0 Å². The third kappa shape index (κ3) is 30.4. The van der Waals surface area contributed by atoms with Gasteiger partial charge in [0, 0.05) is 182 Å². The molecule has 14 saturated heterocycles. The number of hydrogen-bond acceptors (Lipinski definition) is 14. The van der Waals surface area contributed by atoms with Gasteiger partial charge in [-0.15, -0.1) is 0 Å². The summed E-state index contributed by atoms with van der Waals surface area (Å²) in [4.78, 5) is 35.0. The highest BCUT2D eigenvalue weighted by Crippen LogP contribution is 2.58. The Labute approximate surface area is 872 Å². The van der Waals surface area contributed by atoms with Gasteiger partial charge in [-0.05, 0) is 551 Å². The highest BCUT2D eigenvalue weighted by Gasteiger charge is 2.55. The largest absolute Gasteiger partial charge is 0.380 e. The Morgan fingerprint density at radius 2 is 0.624 bits per heavy atom. The number of hydrogen-bond donors (Lipinski definition) is 1. The maximum atomic E-state index is 5.52. The third-order valence-electron chi connectivity index (χ3n) is 41.9. The van der Waals surface area contributed by atoms with Crippen molar-refractivity contribution in [2.75, 3.05) is 151 Å². The number of rotatable bonds is 13. The molecule has 24 aliphatic rings. The van der Waals surface area contributed by atoms with Crippen LogP contribution in [0, 0.1) is 50.2 Å². The number of benzene rings is 1. The molecule has 24 fully saturated rings. The molecule has 10 aliphatic carbocycles. The molecule has 10 saturated carbocycles. The molecule has 141 heavy (non-hydrogen) atoms. The molecule has 14 aliphatic heterocycles. The lowest BCUT2D eigenvalue weighted by atomic mass is 9.63. The van der Waals surface area contributed by atoms with Gasteiger partial charge >= 0.3 is 0 Å². The van der Waals surface area contributed by atoms with Crippen LogP contribution in [0.2, 0.25) is 0 Å². The van der Waals surface area contributed by atoms with Crippen molar-refractivity contribution in [1.29, 1.82) is 0 Å². The molecule has 26 rings (SSSR count). The number of piperidine rings is 6. The Bertz CT molecular complexity index is 3820. The van der Waals surface area contributed by atoms with Crippen LogP contribution in [0.4, 0.5) is 0 Å². The van der Waals surface area contributed by atoms with Crippen molar-refractivity contribution < 1.29 is 9.47 Å². The summed E-state index contributed by atoms with van der Waals surface area (Å²) in [5, 5.41) is 1.35. The summed E-state index contributed by atoms with van der Waals surface area (Å²) in [5.41, 5.74) is 9.81. The molecular weight excluding hydrogens is 1730 g/mol. The molecule has 15 heteroatoms. The van der Waals surface area contributed by atoms with E-state index in [-0.39, 0.29) is 0 Å². The van der Waals surface area contributed by atoms with Gasteiger partial charge in [0.1, 0.15) is 0 Å². The predicted molar refractivity (Wildman–Crippen MR) is 604 cm³/mol. The first-order chi connectivity index (χ1) is 67.1. The van der Waals surface area contributed by atoms with E-state index in [0.717, 1.165) is 138 Å². The smallest absolute Gasteiger partial charge is 0.0651 e. The molecule has 5 atom stereocenters. The van der Waals surface area contributed by atoms with Crippen molar-refractivity contribution in [2.24, 2.45) is 50.2 Å². The molecular formula is C126H231N13O2. The predicted octanol–water partition coefficient (Wildman–Crippen LogP) is 27.5. The summed E-state index contributed by atoms with van der Waals surface area (Å²) in [6, 6.07) is 18.7. The first-order valence-corrected chi connectivity index (χ1v) is 61.9. The van der Waals surface area contributed by atoms with Crippen molar-refractivity contribution in [3.63, 3.8) is 0 Å². The molecule has 812 valence electrons. The second-order valence-electron chi connectivity index (χ2n) is 56.4. The van der Waals surface area contributed by atoms with E-state index >= 15 is 0 Å². The number of nitrogens with zero attached hydrogens (tertiary/aromatic N) is 12. The van der Waals surface area contributed by atoms with Gasteiger partial charge in [-0.1, -0.05) is 51.7 Å². The van der Waals surface area contributed by atoms with Crippen molar-refractivity contribution in [3.8, 4) is 0 Å². The van der Waals surface area contributed by atoms with Gasteiger partial charge in [0.15, 0.2) is 0 Å². The topological polar surface area (TPSA) is 73.1 Å². The van der Waals surface area contributed by atoms with Crippen molar-refractivity contribution in [3.05, 3.63) is 36.0 Å². The lowest BCUT2D eigenvalue weighted by molar-refractivity contribution is -0.147. The lowest BCUT2D eigenvalue weighted by Gasteiger charge is -2.57. The molecule has 1 N–H and O–H groups in total. The molecule has 0 bridgehead atoms. The second-order valence-corrected chi connectivity index (χ2v) is 56.4. The molecule has 0 radical (unpaired) electrons. The van der Waals surface area contributed by atoms with E-state index in [1.165, 1.54) is 410 Å². The average molecular weight is 1960 g/mol. The molecule has 0 amide bonds. The molecule has 10 spiro atoms. The van der Waals surface area contributed by atoms with Crippen LogP contribution in [0.15, 0.2) is 30.5 Å². The van der Waals surface area contributed by atoms with Crippen LogP contribution in [0.5, 0.6) is 0 Å². The second kappa shape index (κ2) is 50.4. The SMILES string of the molecule is CC(C)N1CC2(CCC2)C1.CC(C)N1CC2CC2C1.CC(C)N1CCC2(CC1)CC2.CC(C)N1CCC2(CC2)C1.CC(C)N1CCC2CC21.CC(C)N1CCCC12CC2.CC(C)N1CCCC12CCC2.CC(C)N1CCCC12CCCC2.CC(C)N1CCCC12CCOC2.CC(C)N1CCCC2(CC2)C1.CC(C)N1CCCC2(CCC2)C1.CC(C)N1CCCC2(COC2)C1.CC(C)c1cccc2[nH]ccc12. The number of ether oxygens (including phenoxy) is 2. The normalized spacial score (nSPS) is 30.3. The Morgan fingerprint density at radius 1 is 0.262 bits per heavy atom. The Hall–Kier alpha value is -1.80. The van der Waals surface area contributed by atoms with Crippen LogP contribution in [0.25, 0.3) is 10.9 Å². The zero-order valence-corrected chi connectivity index (χ0v) is 97.8. The van der Waals surface area contributed by atoms with Crippen LogP contribution in [-0.4, -0.2) is 315 Å². The zero-order valence-electron chi connectivity index (χ0n) is 97.8. The van der Waals surface area contributed by atoms with Gasteiger partial charge in [0.25, 0.3) is 0 Å². The zero-order chi connectivity index (χ0) is 101. The number of nitrogens with one attached hydrogen (secondary N) is 1. The Morgan fingerprint density at radius 3 is 0.943 bits per heavy atom. The standard InChI is InChI=1S/2C11H21N.C11H13N.2C10H19NO.3C10H19N.3C9H17N.2C8H15N/c1-10(2)12-8-4-7-11(9-12)5-3-6-11;1-10(2)12-9-5-8-11(12)6-3-4-7-11;1-8(2)9-4-3-5-11-10(9)6-7-12-11;1-9(2)11-6-3-4-10(11)5-7-12-8-10;1-9(2)11-5-3-4-10(6-11)7-12-8-10;1-9(2)11-8-4-7-10(11)5-3-6-10;1-9(2)11-7-5-10(3-4-10)6-8-11;1-9(2)11-7-3-4-10(8-11)5-6-10;1-8(2)10-6-5-9(7-10)3-4-9;1-8(2)10-7-3-4-9(10)5-6-9;1-8(2)10-6-9(7-10)4-3-5-9;1-6(2)9-4-7-3-8(7)5-9;1-6(2)9-4-3-7-5-8(7)9/h2*10H,3-9H2,1-2H3;3-8,12H,1-2H3;2*9H,3-8H2,1-2H3;3*9H,3-8H2,1-2H3;3*8H,3-7H2,1-2H3;2*6-8H,3-5H2,1-2H3. The van der Waals surface area contributed by atoms with Gasteiger partial charge < -0.3 is 43.9 Å². The fraction of sp³-hybridized carbons (Fsp3) is 0.937. The summed E-state index contributed by atoms with van der Waals surface area (Å²) in [7, 11) is 0. The van der Waals surface area contributed by atoms with Crippen molar-refractivity contribution in [2.45, 2.75) is 556 Å². The van der Waals surface area contributed by atoms with Crippen LogP contribution in [0.3, 0.4) is 0 Å². The fourth-order valence-electron chi connectivity index (χ4n) is 30.7. The van der Waals surface area contributed by atoms with Crippen molar-refractivity contribution in [1.82, 2.24) is 63.8 Å². The van der Waals surface area contributed by atoms with E-state index < -0.39 is 0 Å². The van der Waals surface area contributed by atoms with Gasteiger partial charge in [-0.2, -0.15) is 0 Å². The molecule has 15 nitrogen and oxygen atoms in total. The quantitative estimate of drug-likeness (QED) is 0.207. The molecule has 1 aromatic carbocycles. The van der Waals surface area contributed by atoms with E-state index in [2.05, 4.69) is 268 Å². The van der Waals surface area contributed by atoms with Gasteiger partial charge in [-0.25, -0.2) is 0 Å². The first-order valence-electron chi connectivity index (χ1n) is 61.9. The molecule has 5 unspecified atom stereocenters. The van der Waals surface area contributed by atoms with Crippen LogP contribution >= 0.6 is 0 Å². The lowest BCUT2D eigenvalue weighted by Crippen LogP contribution is -2.61. The highest BCUT2D eigenvalue weighted by molar-refractivity contribution is 5.83. The summed E-state index contributed by atoms with van der Waals surface area (Å²) in [5.74, 6) is 3.91. The number of H-pyrrole nitrogens is 1. The average Bonchev–Trinajstić information content (AvgIpc) is 1.07. The number of fused-ring (bicyclic) bond motifs is 3. The Kier molecular flexibility index (Phi) is 41.0. The van der Waals surface area contributed by atoms with Crippen LogP contribution in [0.1, 0.15) is 461 Å². The maximum Gasteiger partial charge on any atom is 0.0651 e. The summed E-state index contributed by atoms with van der Waals surface area (Å²) < 4.78 is 10.8. The van der Waals surface area contributed by atoms with Gasteiger partial charge in [0.05, 0.1) is 19.8 Å². The minimum atomic E-state index is 0.439. The minimum absolute atomic E-state index is 0.439. The monoisotopic (exact) mass is 1960 g/mol. The third-order valence-corrected chi connectivity index (χ3v) is 41.9. The number of aromatic nitrogens is 1. The van der Waals surface area contributed by atoms with E-state index in [1.807, 2.05) is 6.20 Å².